The fourth-order valence-electron chi connectivity index (χ4n) is 3.31. The van der Waals surface area contributed by atoms with Crippen LogP contribution in [0.25, 0.3) is 0 Å². The van der Waals surface area contributed by atoms with Crippen molar-refractivity contribution in [3.63, 3.8) is 0 Å². The molecule has 130 valence electrons. The second-order valence-electron chi connectivity index (χ2n) is 6.79. The van der Waals surface area contributed by atoms with Crippen LogP contribution in [0.1, 0.15) is 36.7 Å². The molecule has 1 aromatic heterocycles. The smallest absolute Gasteiger partial charge is 0.225 e. The van der Waals surface area contributed by atoms with Crippen LogP contribution in [0.15, 0.2) is 36.7 Å². The molecule has 0 aliphatic carbocycles. The number of carbonyl (C=O) groups excluding carboxylic acids is 1. The van der Waals surface area contributed by atoms with Gasteiger partial charge in [-0.1, -0.05) is 12.1 Å². The topological polar surface area (TPSA) is 93.6 Å². The number of imidazole rings is 1. The van der Waals surface area contributed by atoms with E-state index < -0.39 is 5.54 Å². The predicted octanol–water partition coefficient (Wildman–Crippen LogP) is 1.86. The van der Waals surface area contributed by atoms with Crippen LogP contribution in [0, 0.1) is 17.2 Å². The number of amides is 1. The van der Waals surface area contributed by atoms with Gasteiger partial charge in [0.1, 0.15) is 5.82 Å². The molecule has 0 spiro atoms. The monoisotopic (exact) mass is 337 g/mol. The summed E-state index contributed by atoms with van der Waals surface area (Å²) in [5, 5.41) is 15.4. The maximum Gasteiger partial charge on any atom is 0.225 e. The molecule has 2 heterocycles. The molecule has 1 aliphatic rings. The molecule has 2 atom stereocenters. The van der Waals surface area contributed by atoms with Gasteiger partial charge in [-0.05, 0) is 44.0 Å². The first kappa shape index (κ1) is 17.2. The summed E-state index contributed by atoms with van der Waals surface area (Å²) in [5.41, 5.74) is 1.03. The fourth-order valence-corrected chi connectivity index (χ4v) is 3.31. The molecule has 3 N–H and O–H groups in total. The number of aromatic amines is 1. The Labute approximate surface area is 147 Å². The molecule has 2 aromatic rings. The number of aromatic nitrogens is 2. The predicted molar refractivity (Wildman–Crippen MR) is 94.5 cm³/mol. The standard InChI is InChI=1S/C19H23N5O/c1-19(18-22-9-10-23-18,11-14-4-6-15(12-20)7-5-14)24-17(25)16-3-2-8-21-13-16/h4-7,9-10,16,21H,2-3,8,11,13H2,1H3,(H,22,23)(H,24,25)/t16-,19?/m0/s1. The first-order chi connectivity index (χ1) is 12.1. The molecule has 0 bridgehead atoms. The van der Waals surface area contributed by atoms with Gasteiger partial charge in [-0.3, -0.25) is 4.79 Å². The third-order valence-corrected chi connectivity index (χ3v) is 4.73. The molecular formula is C19H23N5O. The molecule has 1 saturated heterocycles. The third kappa shape index (κ3) is 4.06. The summed E-state index contributed by atoms with van der Waals surface area (Å²) < 4.78 is 0. The lowest BCUT2D eigenvalue weighted by molar-refractivity contribution is -0.127. The lowest BCUT2D eigenvalue weighted by atomic mass is 9.89. The van der Waals surface area contributed by atoms with Crippen LogP contribution in [-0.2, 0) is 16.8 Å². The van der Waals surface area contributed by atoms with Crippen molar-refractivity contribution in [2.45, 2.75) is 31.7 Å². The van der Waals surface area contributed by atoms with E-state index in [4.69, 9.17) is 5.26 Å². The van der Waals surface area contributed by atoms with E-state index in [1.807, 2.05) is 19.1 Å². The van der Waals surface area contributed by atoms with Gasteiger partial charge >= 0.3 is 0 Å². The highest BCUT2D eigenvalue weighted by molar-refractivity contribution is 5.80. The minimum absolute atomic E-state index is 0.0102. The number of H-pyrrole nitrogens is 1. The highest BCUT2D eigenvalue weighted by Crippen LogP contribution is 2.24. The van der Waals surface area contributed by atoms with Crippen molar-refractivity contribution in [2.75, 3.05) is 13.1 Å². The van der Waals surface area contributed by atoms with Crippen molar-refractivity contribution >= 4 is 5.91 Å². The van der Waals surface area contributed by atoms with E-state index in [9.17, 15) is 4.79 Å². The van der Waals surface area contributed by atoms with E-state index in [-0.39, 0.29) is 11.8 Å². The Bertz CT molecular complexity index is 741. The van der Waals surface area contributed by atoms with E-state index in [1.165, 1.54) is 0 Å². The van der Waals surface area contributed by atoms with Crippen LogP contribution in [-0.4, -0.2) is 29.0 Å². The van der Waals surface area contributed by atoms with E-state index in [2.05, 4.69) is 26.7 Å². The van der Waals surface area contributed by atoms with Crippen LogP contribution >= 0.6 is 0 Å². The lowest BCUT2D eigenvalue weighted by Crippen LogP contribution is -2.50. The SMILES string of the molecule is CC(Cc1ccc(C#N)cc1)(NC(=O)[C@H]1CCCNC1)c1ncc[nH]1. The molecule has 1 aliphatic heterocycles. The van der Waals surface area contributed by atoms with Crippen molar-refractivity contribution in [1.29, 1.82) is 5.26 Å². The highest BCUT2D eigenvalue weighted by Gasteiger charge is 2.34. The van der Waals surface area contributed by atoms with E-state index >= 15 is 0 Å². The molecule has 25 heavy (non-hydrogen) atoms. The van der Waals surface area contributed by atoms with Gasteiger partial charge in [0.05, 0.1) is 23.1 Å². The maximum atomic E-state index is 12.8. The number of nitrogens with one attached hydrogen (secondary N) is 3. The Morgan fingerprint density at radius 2 is 2.24 bits per heavy atom. The van der Waals surface area contributed by atoms with Crippen LogP contribution < -0.4 is 10.6 Å². The number of rotatable bonds is 5. The third-order valence-electron chi connectivity index (χ3n) is 4.73. The average Bonchev–Trinajstić information content (AvgIpc) is 3.18. The van der Waals surface area contributed by atoms with Crippen molar-refractivity contribution < 1.29 is 4.79 Å². The largest absolute Gasteiger partial charge is 0.347 e. The summed E-state index contributed by atoms with van der Waals surface area (Å²) in [6, 6.07) is 9.57. The van der Waals surface area contributed by atoms with E-state index in [1.54, 1.807) is 24.5 Å². The highest BCUT2D eigenvalue weighted by atomic mass is 16.2. The number of benzene rings is 1. The Balaban J connectivity index is 1.80. The van der Waals surface area contributed by atoms with Gasteiger partial charge in [0.2, 0.25) is 5.91 Å². The molecule has 1 amide bonds. The lowest BCUT2D eigenvalue weighted by Gasteiger charge is -2.32. The van der Waals surface area contributed by atoms with Gasteiger partial charge in [0.25, 0.3) is 0 Å². The zero-order valence-electron chi connectivity index (χ0n) is 14.4. The Morgan fingerprint density at radius 1 is 1.44 bits per heavy atom. The molecule has 1 aromatic carbocycles. The van der Waals surface area contributed by atoms with Gasteiger partial charge in [-0.25, -0.2) is 4.98 Å². The molecule has 6 nitrogen and oxygen atoms in total. The van der Waals surface area contributed by atoms with Crippen molar-refractivity contribution in [1.82, 2.24) is 20.6 Å². The Kier molecular flexibility index (Phi) is 5.15. The van der Waals surface area contributed by atoms with Gasteiger partial charge < -0.3 is 15.6 Å². The number of hydrogen-bond acceptors (Lipinski definition) is 4. The fraction of sp³-hybridized carbons (Fsp3) is 0.421. The van der Waals surface area contributed by atoms with Crippen LogP contribution in [0.5, 0.6) is 0 Å². The summed E-state index contributed by atoms with van der Waals surface area (Å²) >= 11 is 0. The van der Waals surface area contributed by atoms with Gasteiger partial charge in [-0.15, -0.1) is 0 Å². The number of nitriles is 1. The normalized spacial score (nSPS) is 19.6. The molecule has 1 unspecified atom stereocenters. The average molecular weight is 337 g/mol. The summed E-state index contributed by atoms with van der Waals surface area (Å²) in [4.78, 5) is 20.3. The molecule has 3 rings (SSSR count). The Morgan fingerprint density at radius 3 is 2.84 bits per heavy atom. The molecule has 1 fully saturated rings. The molecule has 0 radical (unpaired) electrons. The number of hydrogen-bond donors (Lipinski definition) is 3. The maximum absolute atomic E-state index is 12.8. The first-order valence-corrected chi connectivity index (χ1v) is 8.62. The summed E-state index contributed by atoms with van der Waals surface area (Å²) in [6.07, 6.45) is 5.98. The second-order valence-corrected chi connectivity index (χ2v) is 6.79. The van der Waals surface area contributed by atoms with Crippen molar-refractivity contribution in [3.8, 4) is 6.07 Å². The minimum atomic E-state index is -0.633. The quantitative estimate of drug-likeness (QED) is 0.776. The summed E-state index contributed by atoms with van der Waals surface area (Å²) in [7, 11) is 0. The first-order valence-electron chi connectivity index (χ1n) is 8.62. The van der Waals surface area contributed by atoms with Crippen molar-refractivity contribution in [2.24, 2.45) is 5.92 Å². The molecular weight excluding hydrogens is 314 g/mol. The van der Waals surface area contributed by atoms with Gasteiger partial charge in [0.15, 0.2) is 0 Å². The summed E-state index contributed by atoms with van der Waals surface area (Å²) in [6.45, 7) is 3.68. The van der Waals surface area contributed by atoms with Crippen LogP contribution in [0.2, 0.25) is 0 Å². The number of carbonyl (C=O) groups is 1. The number of nitrogens with zero attached hydrogens (tertiary/aromatic N) is 2. The van der Waals surface area contributed by atoms with Gasteiger partial charge in [-0.2, -0.15) is 5.26 Å². The van der Waals surface area contributed by atoms with Crippen LogP contribution in [0.3, 0.4) is 0 Å². The van der Waals surface area contributed by atoms with Crippen molar-refractivity contribution in [3.05, 3.63) is 53.6 Å². The summed E-state index contributed by atoms with van der Waals surface area (Å²) in [5.74, 6) is 0.776. The van der Waals surface area contributed by atoms with E-state index in [0.717, 1.165) is 37.3 Å². The van der Waals surface area contributed by atoms with Gasteiger partial charge in [0, 0.05) is 25.4 Å². The van der Waals surface area contributed by atoms with Crippen LogP contribution in [0.4, 0.5) is 0 Å². The second kappa shape index (κ2) is 7.49. The van der Waals surface area contributed by atoms with E-state index in [0.29, 0.717) is 12.0 Å². The molecule has 6 heteroatoms. The number of piperidine rings is 1. The zero-order chi connectivity index (χ0) is 17.7. The minimum Gasteiger partial charge on any atom is -0.347 e. The molecule has 0 saturated carbocycles. The Hall–Kier alpha value is -2.65. The zero-order valence-corrected chi connectivity index (χ0v) is 14.4.